The lowest BCUT2D eigenvalue weighted by Crippen LogP contribution is -2.47. The van der Waals surface area contributed by atoms with E-state index in [0.717, 1.165) is 30.6 Å². The van der Waals surface area contributed by atoms with Crippen LogP contribution >= 0.6 is 0 Å². The van der Waals surface area contributed by atoms with Gasteiger partial charge < -0.3 is 10.2 Å². The molecule has 1 N–H and O–H groups in total. The van der Waals surface area contributed by atoms with Crippen molar-refractivity contribution in [2.24, 2.45) is 5.92 Å². The van der Waals surface area contributed by atoms with Gasteiger partial charge in [-0.05, 0) is 32.1 Å². The van der Waals surface area contributed by atoms with Crippen LogP contribution in [0.3, 0.4) is 0 Å². The zero-order valence-corrected chi connectivity index (χ0v) is 14.5. The first kappa shape index (κ1) is 17.8. The van der Waals surface area contributed by atoms with E-state index in [-0.39, 0.29) is 24.4 Å². The van der Waals surface area contributed by atoms with E-state index in [0.29, 0.717) is 18.9 Å². The molecule has 130 valence electrons. The van der Waals surface area contributed by atoms with Gasteiger partial charge in [0.05, 0.1) is 0 Å². The Morgan fingerprint density at radius 3 is 2.48 bits per heavy atom. The van der Waals surface area contributed by atoms with Gasteiger partial charge in [-0.3, -0.25) is 14.5 Å². The Labute approximate surface area is 138 Å². The Morgan fingerprint density at radius 2 is 1.91 bits per heavy atom. The zero-order valence-electron chi connectivity index (χ0n) is 14.5. The van der Waals surface area contributed by atoms with Crippen LogP contribution in [0.2, 0.25) is 0 Å². The maximum absolute atomic E-state index is 12.6. The molecule has 1 aliphatic carbocycles. The van der Waals surface area contributed by atoms with Gasteiger partial charge >= 0.3 is 6.03 Å². The quantitative estimate of drug-likeness (QED) is 0.761. The van der Waals surface area contributed by atoms with Crippen molar-refractivity contribution in [1.29, 1.82) is 0 Å². The lowest BCUT2D eigenvalue weighted by atomic mass is 9.94. The van der Waals surface area contributed by atoms with Crippen molar-refractivity contribution in [3.8, 4) is 0 Å². The van der Waals surface area contributed by atoms with Crippen LogP contribution in [0.1, 0.15) is 59.3 Å². The molecule has 1 saturated carbocycles. The molecule has 1 aliphatic heterocycles. The summed E-state index contributed by atoms with van der Waals surface area (Å²) in [5.74, 6) is -0.0703. The number of rotatable bonds is 6. The highest BCUT2D eigenvalue weighted by molar-refractivity contribution is 6.06. The van der Waals surface area contributed by atoms with Crippen LogP contribution < -0.4 is 5.32 Å². The molecular formula is C17H29N3O3. The van der Waals surface area contributed by atoms with E-state index in [1.165, 1.54) is 6.42 Å². The molecule has 0 spiro atoms. The van der Waals surface area contributed by atoms with E-state index in [1.807, 2.05) is 25.7 Å². The monoisotopic (exact) mass is 323 g/mol. The Hall–Kier alpha value is -1.59. The molecule has 6 nitrogen and oxygen atoms in total. The summed E-state index contributed by atoms with van der Waals surface area (Å²) in [5.41, 5.74) is 0. The molecule has 23 heavy (non-hydrogen) atoms. The highest BCUT2D eigenvalue weighted by Crippen LogP contribution is 2.23. The molecule has 0 aromatic heterocycles. The fourth-order valence-corrected chi connectivity index (χ4v) is 3.61. The van der Waals surface area contributed by atoms with Gasteiger partial charge in [0.1, 0.15) is 12.6 Å². The number of nitrogens with one attached hydrogen (secondary N) is 1. The Bertz CT molecular complexity index is 458. The lowest BCUT2D eigenvalue weighted by Gasteiger charge is -2.34. The van der Waals surface area contributed by atoms with E-state index >= 15 is 0 Å². The molecule has 0 bridgehead atoms. The number of likely N-dealkylation sites (N-methyl/N-ethyl adjacent to an activating group) is 1. The molecule has 1 heterocycles. The number of hydrogen-bond donors (Lipinski definition) is 1. The van der Waals surface area contributed by atoms with Crippen LogP contribution in [0.15, 0.2) is 0 Å². The molecule has 4 amide bonds. The first-order chi connectivity index (χ1) is 10.9. The minimum atomic E-state index is -0.486. The summed E-state index contributed by atoms with van der Waals surface area (Å²) in [7, 11) is 0. The fraction of sp³-hybridized carbons (Fsp3) is 0.824. The van der Waals surface area contributed by atoms with Crippen LogP contribution in [0.25, 0.3) is 0 Å². The van der Waals surface area contributed by atoms with Gasteiger partial charge in [-0.1, -0.05) is 33.1 Å². The topological polar surface area (TPSA) is 69.7 Å². The smallest absolute Gasteiger partial charge is 0.325 e. The normalized spacial score (nSPS) is 22.6. The molecular weight excluding hydrogens is 294 g/mol. The number of nitrogens with zero attached hydrogens (tertiary/aromatic N) is 2. The van der Waals surface area contributed by atoms with E-state index < -0.39 is 12.1 Å². The molecule has 6 heteroatoms. The van der Waals surface area contributed by atoms with Gasteiger partial charge in [0.15, 0.2) is 0 Å². The van der Waals surface area contributed by atoms with Crippen molar-refractivity contribution < 1.29 is 14.4 Å². The van der Waals surface area contributed by atoms with Crippen LogP contribution in [0.5, 0.6) is 0 Å². The average Bonchev–Trinajstić information content (AvgIpc) is 2.76. The van der Waals surface area contributed by atoms with E-state index in [1.54, 1.807) is 0 Å². The summed E-state index contributed by atoms with van der Waals surface area (Å²) in [6.07, 6.45) is 6.18. The summed E-state index contributed by atoms with van der Waals surface area (Å²) in [6, 6.07) is -0.665. The predicted octanol–water partition coefficient (Wildman–Crippen LogP) is 2.13. The zero-order chi connectivity index (χ0) is 17.0. The van der Waals surface area contributed by atoms with Crippen molar-refractivity contribution >= 4 is 17.8 Å². The highest BCUT2D eigenvalue weighted by Gasteiger charge is 2.40. The van der Waals surface area contributed by atoms with Crippen LogP contribution in [-0.4, -0.2) is 52.8 Å². The second-order valence-electron chi connectivity index (χ2n) is 7.03. The van der Waals surface area contributed by atoms with Gasteiger partial charge in [0.2, 0.25) is 5.91 Å². The van der Waals surface area contributed by atoms with Crippen molar-refractivity contribution in [3.63, 3.8) is 0 Å². The first-order valence-electron chi connectivity index (χ1n) is 8.85. The fourth-order valence-electron chi connectivity index (χ4n) is 3.61. The summed E-state index contributed by atoms with van der Waals surface area (Å²) >= 11 is 0. The second kappa shape index (κ2) is 7.79. The Morgan fingerprint density at radius 1 is 1.26 bits per heavy atom. The number of carbonyl (C=O) groups excluding carboxylic acids is 3. The lowest BCUT2D eigenvalue weighted by molar-refractivity contribution is -0.139. The van der Waals surface area contributed by atoms with Crippen molar-refractivity contribution in [3.05, 3.63) is 0 Å². The predicted molar refractivity (Wildman–Crippen MR) is 87.7 cm³/mol. The molecule has 2 aliphatic rings. The van der Waals surface area contributed by atoms with Crippen molar-refractivity contribution in [2.45, 2.75) is 71.4 Å². The summed E-state index contributed by atoms with van der Waals surface area (Å²) in [5, 5.41) is 2.69. The number of amides is 4. The van der Waals surface area contributed by atoms with Gasteiger partial charge in [-0.15, -0.1) is 0 Å². The Balaban J connectivity index is 1.97. The third-order valence-corrected chi connectivity index (χ3v) is 4.78. The molecule has 1 atom stereocenters. The minimum Gasteiger partial charge on any atom is -0.338 e. The van der Waals surface area contributed by atoms with Crippen molar-refractivity contribution in [1.82, 2.24) is 15.1 Å². The molecule has 0 aromatic rings. The number of carbonyl (C=O) groups is 3. The van der Waals surface area contributed by atoms with Gasteiger partial charge in [-0.25, -0.2) is 4.79 Å². The van der Waals surface area contributed by atoms with E-state index in [4.69, 9.17) is 0 Å². The van der Waals surface area contributed by atoms with Crippen LogP contribution in [0, 0.1) is 5.92 Å². The van der Waals surface area contributed by atoms with E-state index in [2.05, 4.69) is 5.32 Å². The first-order valence-corrected chi connectivity index (χ1v) is 8.85. The largest absolute Gasteiger partial charge is 0.338 e. The summed E-state index contributed by atoms with van der Waals surface area (Å²) in [6.45, 7) is 6.47. The molecule has 1 unspecified atom stereocenters. The number of hydrogen-bond acceptors (Lipinski definition) is 3. The average molecular weight is 323 g/mol. The summed E-state index contributed by atoms with van der Waals surface area (Å²) < 4.78 is 0. The second-order valence-corrected chi connectivity index (χ2v) is 7.03. The molecule has 2 fully saturated rings. The number of imide groups is 1. The van der Waals surface area contributed by atoms with Crippen LogP contribution in [-0.2, 0) is 9.59 Å². The van der Waals surface area contributed by atoms with E-state index in [9.17, 15) is 14.4 Å². The van der Waals surface area contributed by atoms with Gasteiger partial charge in [0.25, 0.3) is 5.91 Å². The Kier molecular flexibility index (Phi) is 6.02. The molecule has 1 saturated heterocycles. The highest BCUT2D eigenvalue weighted by atomic mass is 16.2. The summed E-state index contributed by atoms with van der Waals surface area (Å²) in [4.78, 5) is 39.9. The SMILES string of the molecule is CCN(C(=O)CN1C(=O)NC(CC(C)C)C1=O)C1CCCCC1. The minimum absolute atomic E-state index is 0.118. The van der Waals surface area contributed by atoms with Crippen LogP contribution in [0.4, 0.5) is 4.79 Å². The third kappa shape index (κ3) is 4.24. The standard InChI is InChI=1S/C17H29N3O3/c1-4-19(13-8-6-5-7-9-13)15(21)11-20-16(22)14(10-12(2)3)18-17(20)23/h12-14H,4-11H2,1-3H3,(H,18,23). The molecule has 0 radical (unpaired) electrons. The molecule has 0 aromatic carbocycles. The molecule has 2 rings (SSSR count). The third-order valence-electron chi connectivity index (χ3n) is 4.78. The maximum atomic E-state index is 12.6. The maximum Gasteiger partial charge on any atom is 0.325 e. The van der Waals surface area contributed by atoms with Gasteiger partial charge in [-0.2, -0.15) is 0 Å². The van der Waals surface area contributed by atoms with Gasteiger partial charge in [0, 0.05) is 12.6 Å². The van der Waals surface area contributed by atoms with Crippen molar-refractivity contribution in [2.75, 3.05) is 13.1 Å². The number of urea groups is 1.